The quantitative estimate of drug-likeness (QED) is 0.197. The molecule has 3 rings (SSSR count). The first-order chi connectivity index (χ1) is 17.7. The Balaban J connectivity index is 1.70. The summed E-state index contributed by atoms with van der Waals surface area (Å²) >= 11 is 6.21. The van der Waals surface area contributed by atoms with Crippen LogP contribution >= 0.6 is 11.6 Å². The van der Waals surface area contributed by atoms with Gasteiger partial charge >= 0.3 is 0 Å². The summed E-state index contributed by atoms with van der Waals surface area (Å²) in [6, 6.07) is 18.5. The van der Waals surface area contributed by atoms with E-state index in [1.807, 2.05) is 6.92 Å². The number of ether oxygens (including phenoxy) is 2. The number of amides is 1. The van der Waals surface area contributed by atoms with E-state index in [9.17, 15) is 13.2 Å². The van der Waals surface area contributed by atoms with Crippen LogP contribution in [0.25, 0.3) is 0 Å². The van der Waals surface area contributed by atoms with Crippen molar-refractivity contribution in [2.75, 3.05) is 23.8 Å². The van der Waals surface area contributed by atoms with Gasteiger partial charge in [0.25, 0.3) is 5.91 Å². The first-order valence-corrected chi connectivity index (χ1v) is 13.6. The Morgan fingerprint density at radius 1 is 1.08 bits per heavy atom. The highest BCUT2D eigenvalue weighted by molar-refractivity contribution is 7.92. The Kier molecular flexibility index (Phi) is 9.71. The maximum absolute atomic E-state index is 12.6. The molecule has 3 aromatic carbocycles. The van der Waals surface area contributed by atoms with Gasteiger partial charge in [0.2, 0.25) is 10.0 Å². The molecule has 0 radical (unpaired) electrons. The Labute approximate surface area is 222 Å². The van der Waals surface area contributed by atoms with Gasteiger partial charge in [-0.25, -0.2) is 13.8 Å². The maximum Gasteiger partial charge on any atom is 0.271 e. The lowest BCUT2D eigenvalue weighted by molar-refractivity contribution is 0.0955. The average molecular weight is 542 g/mol. The van der Waals surface area contributed by atoms with Crippen molar-refractivity contribution in [2.24, 2.45) is 5.10 Å². The summed E-state index contributed by atoms with van der Waals surface area (Å²) < 4.78 is 37.3. The Bertz CT molecular complexity index is 1380. The number of hydrogen-bond acceptors (Lipinski definition) is 6. The van der Waals surface area contributed by atoms with Crippen molar-refractivity contribution < 1.29 is 22.7 Å². The van der Waals surface area contributed by atoms with E-state index in [1.54, 1.807) is 60.7 Å². The number of benzene rings is 3. The number of halogens is 1. The van der Waals surface area contributed by atoms with Crippen LogP contribution in [0.5, 0.6) is 11.5 Å². The van der Waals surface area contributed by atoms with Gasteiger partial charge < -0.3 is 9.47 Å². The topological polar surface area (TPSA) is 97.3 Å². The number of carbonyl (C=O) groups is 1. The molecule has 194 valence electrons. The second kappa shape index (κ2) is 12.9. The third-order valence-electron chi connectivity index (χ3n) is 5.09. The van der Waals surface area contributed by atoms with Gasteiger partial charge in [-0.2, -0.15) is 5.10 Å². The monoisotopic (exact) mass is 541 g/mol. The molecule has 0 aromatic heterocycles. The zero-order valence-corrected chi connectivity index (χ0v) is 22.1. The fraction of sp³-hybridized carbons (Fsp3) is 0.185. The van der Waals surface area contributed by atoms with E-state index in [2.05, 4.69) is 17.1 Å². The van der Waals surface area contributed by atoms with Crippen LogP contribution in [0.3, 0.4) is 0 Å². The van der Waals surface area contributed by atoms with Crippen LogP contribution in [0.2, 0.25) is 5.02 Å². The van der Waals surface area contributed by atoms with Crippen LogP contribution in [0, 0.1) is 0 Å². The fourth-order valence-corrected chi connectivity index (χ4v) is 4.41. The third-order valence-corrected chi connectivity index (χ3v) is 6.60. The zero-order valence-electron chi connectivity index (χ0n) is 20.6. The van der Waals surface area contributed by atoms with Crippen LogP contribution < -0.4 is 19.2 Å². The van der Waals surface area contributed by atoms with Crippen LogP contribution in [0.4, 0.5) is 5.69 Å². The van der Waals surface area contributed by atoms with Crippen LogP contribution in [0.15, 0.2) is 84.5 Å². The predicted octanol–water partition coefficient (Wildman–Crippen LogP) is 5.03. The van der Waals surface area contributed by atoms with Crippen LogP contribution in [-0.2, 0) is 16.6 Å². The molecule has 37 heavy (non-hydrogen) atoms. The van der Waals surface area contributed by atoms with E-state index in [1.165, 1.54) is 22.7 Å². The van der Waals surface area contributed by atoms with E-state index < -0.39 is 15.9 Å². The second-order valence-electron chi connectivity index (χ2n) is 7.85. The van der Waals surface area contributed by atoms with Crippen molar-refractivity contribution in [3.05, 3.63) is 101 Å². The Morgan fingerprint density at radius 2 is 1.81 bits per heavy atom. The number of hydrogen-bond donors (Lipinski definition) is 1. The van der Waals surface area contributed by atoms with Crippen LogP contribution in [-0.4, -0.2) is 40.0 Å². The fourth-order valence-electron chi connectivity index (χ4n) is 3.33. The third kappa shape index (κ3) is 7.83. The van der Waals surface area contributed by atoms with Crippen molar-refractivity contribution in [3.8, 4) is 11.5 Å². The summed E-state index contributed by atoms with van der Waals surface area (Å²) in [4.78, 5) is 12.6. The lowest BCUT2D eigenvalue weighted by atomic mass is 10.2. The molecule has 8 nitrogen and oxygen atoms in total. The first-order valence-electron chi connectivity index (χ1n) is 11.4. The molecule has 1 amide bonds. The van der Waals surface area contributed by atoms with Gasteiger partial charge in [0.05, 0.1) is 31.3 Å². The Hall–Kier alpha value is -3.82. The van der Waals surface area contributed by atoms with E-state index >= 15 is 0 Å². The van der Waals surface area contributed by atoms with Gasteiger partial charge in [-0.3, -0.25) is 9.10 Å². The summed E-state index contributed by atoms with van der Waals surface area (Å²) in [6.45, 7) is 6.39. The van der Waals surface area contributed by atoms with Crippen LogP contribution in [0.1, 0.15) is 28.4 Å². The number of rotatable bonds is 12. The van der Waals surface area contributed by atoms with E-state index in [0.717, 1.165) is 6.26 Å². The molecule has 0 aliphatic heterocycles. The lowest BCUT2D eigenvalue weighted by Crippen LogP contribution is -2.29. The molecule has 10 heteroatoms. The van der Waals surface area contributed by atoms with Crippen molar-refractivity contribution in [2.45, 2.75) is 13.5 Å². The standard InChI is InChI=1S/C27H28ClN3O5S/c1-4-16-36-25-15-10-20(17-26(25)35-5-2)18-29-30-27(32)21-11-13-23(14-12-21)31(37(3,33)34)19-22-8-6-7-9-24(22)28/h4,6-15,17-18H,1,5,16,19H2,2-3H3,(H,30,32)/b29-18-. The van der Waals surface area contributed by atoms with Gasteiger partial charge in [0.1, 0.15) is 6.61 Å². The molecule has 0 saturated carbocycles. The largest absolute Gasteiger partial charge is 0.490 e. The smallest absolute Gasteiger partial charge is 0.271 e. The first kappa shape index (κ1) is 27.8. The molecule has 3 aromatic rings. The summed E-state index contributed by atoms with van der Waals surface area (Å²) in [7, 11) is -3.60. The Morgan fingerprint density at radius 3 is 2.46 bits per heavy atom. The normalized spacial score (nSPS) is 11.2. The minimum Gasteiger partial charge on any atom is -0.490 e. The van der Waals surface area contributed by atoms with Gasteiger partial charge in [-0.1, -0.05) is 42.5 Å². The van der Waals surface area contributed by atoms with Crippen molar-refractivity contribution in [1.82, 2.24) is 5.43 Å². The molecular weight excluding hydrogens is 514 g/mol. The minimum atomic E-state index is -3.60. The highest BCUT2D eigenvalue weighted by Gasteiger charge is 2.19. The molecule has 0 unspecified atom stereocenters. The van der Waals surface area contributed by atoms with Gasteiger partial charge in [-0.15, -0.1) is 0 Å². The molecule has 0 atom stereocenters. The predicted molar refractivity (Wildman–Crippen MR) is 147 cm³/mol. The van der Waals surface area contributed by atoms with E-state index in [4.69, 9.17) is 21.1 Å². The molecule has 1 N–H and O–H groups in total. The highest BCUT2D eigenvalue weighted by Crippen LogP contribution is 2.28. The molecular formula is C27H28ClN3O5S. The molecule has 0 saturated heterocycles. The average Bonchev–Trinajstić information content (AvgIpc) is 2.87. The summed E-state index contributed by atoms with van der Waals surface area (Å²) in [6.07, 6.45) is 4.25. The van der Waals surface area contributed by atoms with Crippen molar-refractivity contribution >= 4 is 39.4 Å². The SMILES string of the molecule is C=CCOc1ccc(/C=N\NC(=O)c2ccc(N(Cc3ccccc3Cl)S(C)(=O)=O)cc2)cc1OCC. The highest BCUT2D eigenvalue weighted by atomic mass is 35.5. The molecule has 0 spiro atoms. The summed E-state index contributed by atoms with van der Waals surface area (Å²) in [5, 5.41) is 4.49. The van der Waals surface area contributed by atoms with Crippen molar-refractivity contribution in [3.63, 3.8) is 0 Å². The number of sulfonamides is 1. The molecule has 0 fully saturated rings. The second-order valence-corrected chi connectivity index (χ2v) is 10.2. The lowest BCUT2D eigenvalue weighted by Gasteiger charge is -2.23. The molecule has 0 aliphatic carbocycles. The maximum atomic E-state index is 12.6. The number of hydrazone groups is 1. The number of carbonyl (C=O) groups excluding carboxylic acids is 1. The molecule has 0 bridgehead atoms. The zero-order chi connectivity index (χ0) is 26.8. The van der Waals surface area contributed by atoms with Gasteiger partial charge in [-0.05, 0) is 66.6 Å². The number of nitrogens with zero attached hydrogens (tertiary/aromatic N) is 2. The van der Waals surface area contributed by atoms with E-state index in [0.29, 0.717) is 52.1 Å². The van der Waals surface area contributed by atoms with Gasteiger partial charge in [0, 0.05) is 10.6 Å². The molecule has 0 aliphatic rings. The minimum absolute atomic E-state index is 0.0650. The number of anilines is 1. The summed E-state index contributed by atoms with van der Waals surface area (Å²) in [5.41, 5.74) is 4.56. The van der Waals surface area contributed by atoms with E-state index in [-0.39, 0.29) is 6.54 Å². The number of nitrogens with one attached hydrogen (secondary N) is 1. The molecule has 0 heterocycles. The van der Waals surface area contributed by atoms with Gasteiger partial charge in [0.15, 0.2) is 11.5 Å². The summed E-state index contributed by atoms with van der Waals surface area (Å²) in [5.74, 6) is 0.693. The van der Waals surface area contributed by atoms with Crippen molar-refractivity contribution in [1.29, 1.82) is 0 Å².